The number of likely N-dealkylation sites (tertiary alicyclic amines) is 1. The Balaban J connectivity index is 1.86. The van der Waals surface area contributed by atoms with Crippen molar-refractivity contribution < 1.29 is 0 Å². The fraction of sp³-hybridized carbons (Fsp3) is 1.00. The molecule has 1 saturated carbocycles. The van der Waals surface area contributed by atoms with Gasteiger partial charge in [0, 0.05) is 18.6 Å². The molecule has 70 valence electrons. The van der Waals surface area contributed by atoms with Crippen molar-refractivity contribution in [2.24, 2.45) is 17.6 Å². The Morgan fingerprint density at radius 2 is 1.92 bits per heavy atom. The second-order valence-corrected chi connectivity index (χ2v) is 4.71. The molecular formula is C10H20N2. The maximum absolute atomic E-state index is 5.97. The van der Waals surface area contributed by atoms with Gasteiger partial charge in [0.25, 0.3) is 0 Å². The third-order valence-corrected chi connectivity index (χ3v) is 3.54. The predicted molar refractivity (Wildman–Crippen MR) is 50.9 cm³/mol. The molecule has 1 heterocycles. The standard InChI is InChI=1S/C10H20N2/c1-7-5-10(7)12-4-3-9(11)8(2)6-12/h7-10H,3-6,11H2,1-2H3. The number of hydrogen-bond donors (Lipinski definition) is 1. The van der Waals surface area contributed by atoms with E-state index >= 15 is 0 Å². The summed E-state index contributed by atoms with van der Waals surface area (Å²) in [6.07, 6.45) is 2.62. The molecule has 0 amide bonds. The van der Waals surface area contributed by atoms with E-state index in [0.717, 1.165) is 12.0 Å². The van der Waals surface area contributed by atoms with Crippen LogP contribution in [0.2, 0.25) is 0 Å². The molecule has 2 aliphatic rings. The normalized spacial score (nSPS) is 49.2. The van der Waals surface area contributed by atoms with Gasteiger partial charge in [-0.2, -0.15) is 0 Å². The molecule has 2 fully saturated rings. The number of nitrogens with zero attached hydrogens (tertiary/aromatic N) is 1. The highest BCUT2D eigenvalue weighted by Gasteiger charge is 2.40. The van der Waals surface area contributed by atoms with Crippen molar-refractivity contribution >= 4 is 0 Å². The highest BCUT2D eigenvalue weighted by Crippen LogP contribution is 2.36. The number of piperidine rings is 1. The zero-order valence-corrected chi connectivity index (χ0v) is 8.16. The molecule has 2 heteroatoms. The van der Waals surface area contributed by atoms with E-state index < -0.39 is 0 Å². The van der Waals surface area contributed by atoms with Crippen LogP contribution in [-0.2, 0) is 0 Å². The maximum atomic E-state index is 5.97. The van der Waals surface area contributed by atoms with Crippen LogP contribution in [0, 0.1) is 11.8 Å². The predicted octanol–water partition coefficient (Wildman–Crippen LogP) is 1.06. The molecule has 2 N–H and O–H groups in total. The maximum Gasteiger partial charge on any atom is 0.0125 e. The fourth-order valence-electron chi connectivity index (χ4n) is 2.31. The second-order valence-electron chi connectivity index (χ2n) is 4.71. The van der Waals surface area contributed by atoms with E-state index in [-0.39, 0.29) is 0 Å². The summed E-state index contributed by atoms with van der Waals surface area (Å²) in [5.74, 6) is 1.65. The topological polar surface area (TPSA) is 29.3 Å². The van der Waals surface area contributed by atoms with E-state index in [1.807, 2.05) is 0 Å². The second kappa shape index (κ2) is 3.00. The molecule has 0 bridgehead atoms. The van der Waals surface area contributed by atoms with Gasteiger partial charge in [0.2, 0.25) is 0 Å². The van der Waals surface area contributed by atoms with Crippen LogP contribution in [-0.4, -0.2) is 30.1 Å². The SMILES string of the molecule is CC1CN(C2CC2C)CCC1N. The molecule has 12 heavy (non-hydrogen) atoms. The van der Waals surface area contributed by atoms with E-state index in [1.54, 1.807) is 0 Å². The molecule has 0 aromatic heterocycles. The minimum absolute atomic E-state index is 0.454. The zero-order chi connectivity index (χ0) is 8.72. The van der Waals surface area contributed by atoms with Crippen LogP contribution < -0.4 is 5.73 Å². The molecule has 0 radical (unpaired) electrons. The van der Waals surface area contributed by atoms with Crippen molar-refractivity contribution in [2.75, 3.05) is 13.1 Å². The van der Waals surface area contributed by atoms with Gasteiger partial charge < -0.3 is 5.73 Å². The monoisotopic (exact) mass is 168 g/mol. The first-order chi connectivity index (χ1) is 5.68. The van der Waals surface area contributed by atoms with E-state index in [0.29, 0.717) is 12.0 Å². The van der Waals surface area contributed by atoms with E-state index in [4.69, 9.17) is 5.73 Å². The lowest BCUT2D eigenvalue weighted by Gasteiger charge is -2.35. The summed E-state index contributed by atoms with van der Waals surface area (Å²) in [6, 6.07) is 1.36. The Bertz CT molecular complexity index is 169. The summed E-state index contributed by atoms with van der Waals surface area (Å²) in [5.41, 5.74) is 5.97. The van der Waals surface area contributed by atoms with Gasteiger partial charge in [0.1, 0.15) is 0 Å². The summed E-state index contributed by atoms with van der Waals surface area (Å²) >= 11 is 0. The van der Waals surface area contributed by atoms with Gasteiger partial charge >= 0.3 is 0 Å². The molecule has 1 saturated heterocycles. The number of nitrogens with two attached hydrogens (primary N) is 1. The van der Waals surface area contributed by atoms with Crippen LogP contribution in [0.5, 0.6) is 0 Å². The largest absolute Gasteiger partial charge is 0.327 e. The van der Waals surface area contributed by atoms with Crippen LogP contribution in [0.25, 0.3) is 0 Å². The van der Waals surface area contributed by atoms with E-state index in [2.05, 4.69) is 18.7 Å². The molecular weight excluding hydrogens is 148 g/mol. The Morgan fingerprint density at radius 3 is 2.42 bits per heavy atom. The van der Waals surface area contributed by atoms with Gasteiger partial charge in [-0.15, -0.1) is 0 Å². The minimum atomic E-state index is 0.454. The average Bonchev–Trinajstić information content (AvgIpc) is 2.73. The van der Waals surface area contributed by atoms with Crippen molar-refractivity contribution in [2.45, 2.75) is 38.8 Å². The van der Waals surface area contributed by atoms with Gasteiger partial charge in [0.15, 0.2) is 0 Å². The lowest BCUT2D eigenvalue weighted by Crippen LogP contribution is -2.46. The number of hydrogen-bond acceptors (Lipinski definition) is 2. The van der Waals surface area contributed by atoms with Crippen molar-refractivity contribution in [3.63, 3.8) is 0 Å². The quantitative estimate of drug-likeness (QED) is 0.634. The van der Waals surface area contributed by atoms with E-state index in [9.17, 15) is 0 Å². The van der Waals surface area contributed by atoms with Crippen molar-refractivity contribution in [1.82, 2.24) is 4.90 Å². The first-order valence-electron chi connectivity index (χ1n) is 5.18. The molecule has 4 unspecified atom stereocenters. The van der Waals surface area contributed by atoms with Crippen LogP contribution in [0.3, 0.4) is 0 Å². The van der Waals surface area contributed by atoms with Gasteiger partial charge in [-0.05, 0) is 31.2 Å². The van der Waals surface area contributed by atoms with Gasteiger partial charge in [-0.3, -0.25) is 4.90 Å². The van der Waals surface area contributed by atoms with Gasteiger partial charge in [-0.1, -0.05) is 13.8 Å². The Morgan fingerprint density at radius 1 is 1.25 bits per heavy atom. The molecule has 1 aliphatic heterocycles. The first-order valence-corrected chi connectivity index (χ1v) is 5.18. The fourth-order valence-corrected chi connectivity index (χ4v) is 2.31. The molecule has 2 nitrogen and oxygen atoms in total. The van der Waals surface area contributed by atoms with Crippen LogP contribution in [0.15, 0.2) is 0 Å². The summed E-state index contributed by atoms with van der Waals surface area (Å²) in [5, 5.41) is 0. The Labute approximate surface area is 75.1 Å². The minimum Gasteiger partial charge on any atom is -0.327 e. The summed E-state index contributed by atoms with van der Waals surface area (Å²) in [4.78, 5) is 2.64. The average molecular weight is 168 g/mol. The third-order valence-electron chi connectivity index (χ3n) is 3.54. The Hall–Kier alpha value is -0.0800. The smallest absolute Gasteiger partial charge is 0.0125 e. The van der Waals surface area contributed by atoms with E-state index in [1.165, 1.54) is 25.9 Å². The zero-order valence-electron chi connectivity index (χ0n) is 8.16. The molecule has 0 spiro atoms. The number of rotatable bonds is 1. The van der Waals surface area contributed by atoms with Crippen LogP contribution >= 0.6 is 0 Å². The summed E-state index contributed by atoms with van der Waals surface area (Å²) in [7, 11) is 0. The summed E-state index contributed by atoms with van der Waals surface area (Å²) in [6.45, 7) is 7.10. The van der Waals surface area contributed by atoms with Crippen molar-refractivity contribution in [1.29, 1.82) is 0 Å². The molecule has 0 aromatic carbocycles. The van der Waals surface area contributed by atoms with Crippen LogP contribution in [0.1, 0.15) is 26.7 Å². The molecule has 0 aromatic rings. The van der Waals surface area contributed by atoms with Crippen molar-refractivity contribution in [3.05, 3.63) is 0 Å². The molecule has 1 aliphatic carbocycles. The summed E-state index contributed by atoms with van der Waals surface area (Å²) < 4.78 is 0. The van der Waals surface area contributed by atoms with Crippen LogP contribution in [0.4, 0.5) is 0 Å². The lowest BCUT2D eigenvalue weighted by molar-refractivity contribution is 0.151. The molecule has 4 atom stereocenters. The highest BCUT2D eigenvalue weighted by atomic mass is 15.2. The first kappa shape index (κ1) is 8.52. The van der Waals surface area contributed by atoms with Gasteiger partial charge in [0.05, 0.1) is 0 Å². The molecule has 2 rings (SSSR count). The lowest BCUT2D eigenvalue weighted by atomic mass is 9.95. The highest BCUT2D eigenvalue weighted by molar-refractivity contribution is 4.95. The van der Waals surface area contributed by atoms with Gasteiger partial charge in [-0.25, -0.2) is 0 Å². The third kappa shape index (κ3) is 1.50. The Kier molecular flexibility index (Phi) is 2.13. The van der Waals surface area contributed by atoms with Crippen molar-refractivity contribution in [3.8, 4) is 0 Å².